The predicted octanol–water partition coefficient (Wildman–Crippen LogP) is -0.978. The molecule has 0 aliphatic carbocycles. The van der Waals surface area contributed by atoms with Crippen LogP contribution in [0.3, 0.4) is 0 Å². The highest BCUT2D eigenvalue weighted by molar-refractivity contribution is 6.58. The van der Waals surface area contributed by atoms with Crippen LogP contribution in [0.2, 0.25) is 0 Å². The lowest BCUT2D eigenvalue weighted by Gasteiger charge is -2.06. The number of aryl methyl sites for hydroxylation is 1. The van der Waals surface area contributed by atoms with Crippen LogP contribution >= 0.6 is 0 Å². The van der Waals surface area contributed by atoms with Crippen molar-refractivity contribution in [1.29, 1.82) is 0 Å². The Balaban J connectivity index is 2.33. The Bertz CT molecular complexity index is 651. The molecule has 2 aromatic rings. The van der Waals surface area contributed by atoms with E-state index in [9.17, 15) is 4.79 Å². The van der Waals surface area contributed by atoms with E-state index < -0.39 is 7.12 Å². The summed E-state index contributed by atoms with van der Waals surface area (Å²) in [5.41, 5.74) is 0.840. The molecule has 17 heavy (non-hydrogen) atoms. The van der Waals surface area contributed by atoms with Gasteiger partial charge in [0.1, 0.15) is 5.82 Å². The normalized spacial score (nSPS) is 14.0. The standard InChI is InChI=1S/C11H11BN2O3/c15-11-8-6-7(12(16)17)3-4-9(8)13-10-2-1-5-14(10)11/h3-4,6,16-17H,1-2,5H2. The van der Waals surface area contributed by atoms with Crippen molar-refractivity contribution in [2.45, 2.75) is 19.4 Å². The number of hydrogen-bond donors (Lipinski definition) is 2. The zero-order valence-electron chi connectivity index (χ0n) is 9.13. The minimum atomic E-state index is -1.56. The molecule has 0 saturated heterocycles. The second kappa shape index (κ2) is 3.68. The van der Waals surface area contributed by atoms with Crippen molar-refractivity contribution in [3.05, 3.63) is 34.4 Å². The van der Waals surface area contributed by atoms with E-state index in [1.165, 1.54) is 6.07 Å². The largest absolute Gasteiger partial charge is 0.488 e. The van der Waals surface area contributed by atoms with Gasteiger partial charge in [-0.25, -0.2) is 4.98 Å². The first-order chi connectivity index (χ1) is 8.16. The molecule has 1 aliphatic heterocycles. The number of aromatic nitrogens is 2. The quantitative estimate of drug-likeness (QED) is 0.617. The molecule has 6 heteroatoms. The van der Waals surface area contributed by atoms with E-state index in [-0.39, 0.29) is 5.56 Å². The first-order valence-corrected chi connectivity index (χ1v) is 5.56. The smallest absolute Gasteiger partial charge is 0.423 e. The molecule has 0 bridgehead atoms. The maximum Gasteiger partial charge on any atom is 0.488 e. The van der Waals surface area contributed by atoms with Crippen LogP contribution in [0.15, 0.2) is 23.0 Å². The van der Waals surface area contributed by atoms with Gasteiger partial charge in [-0.2, -0.15) is 0 Å². The van der Waals surface area contributed by atoms with Crippen LogP contribution in [0.1, 0.15) is 12.2 Å². The molecule has 5 nitrogen and oxygen atoms in total. The maximum absolute atomic E-state index is 12.2. The van der Waals surface area contributed by atoms with E-state index in [1.807, 2.05) is 0 Å². The molecule has 2 heterocycles. The van der Waals surface area contributed by atoms with Gasteiger partial charge < -0.3 is 10.0 Å². The van der Waals surface area contributed by atoms with Crippen LogP contribution in [0.4, 0.5) is 0 Å². The van der Waals surface area contributed by atoms with Crippen molar-refractivity contribution in [3.8, 4) is 0 Å². The van der Waals surface area contributed by atoms with E-state index in [1.54, 1.807) is 16.7 Å². The number of benzene rings is 1. The lowest BCUT2D eigenvalue weighted by molar-refractivity contribution is 0.426. The molecule has 2 N–H and O–H groups in total. The van der Waals surface area contributed by atoms with Crippen LogP contribution in [-0.4, -0.2) is 26.7 Å². The van der Waals surface area contributed by atoms with Crippen molar-refractivity contribution in [2.75, 3.05) is 0 Å². The third kappa shape index (κ3) is 1.57. The number of fused-ring (bicyclic) bond motifs is 2. The molecular formula is C11H11BN2O3. The summed E-state index contributed by atoms with van der Waals surface area (Å²) in [6.45, 7) is 0.697. The third-order valence-corrected chi connectivity index (χ3v) is 3.14. The molecule has 0 spiro atoms. The Labute approximate surface area is 97.5 Å². The molecule has 1 aromatic heterocycles. The van der Waals surface area contributed by atoms with Crippen molar-refractivity contribution in [2.24, 2.45) is 0 Å². The molecule has 1 aliphatic rings. The molecule has 1 aromatic carbocycles. The monoisotopic (exact) mass is 230 g/mol. The van der Waals surface area contributed by atoms with Gasteiger partial charge in [0.25, 0.3) is 5.56 Å². The molecule has 0 atom stereocenters. The van der Waals surface area contributed by atoms with Crippen molar-refractivity contribution < 1.29 is 10.0 Å². The molecular weight excluding hydrogens is 219 g/mol. The fourth-order valence-electron chi connectivity index (χ4n) is 2.26. The Morgan fingerprint density at radius 3 is 2.94 bits per heavy atom. The highest BCUT2D eigenvalue weighted by atomic mass is 16.4. The zero-order chi connectivity index (χ0) is 12.0. The zero-order valence-corrected chi connectivity index (χ0v) is 9.13. The SMILES string of the molecule is O=c1c2cc(B(O)O)ccc2nc2n1CCC2. The van der Waals surface area contributed by atoms with E-state index in [0.29, 0.717) is 22.9 Å². The molecule has 3 rings (SSSR count). The first kappa shape index (κ1) is 10.5. The summed E-state index contributed by atoms with van der Waals surface area (Å²) < 4.78 is 1.66. The average Bonchev–Trinajstić information content (AvgIpc) is 2.77. The van der Waals surface area contributed by atoms with Crippen LogP contribution in [0.5, 0.6) is 0 Å². The molecule has 0 radical (unpaired) electrons. The van der Waals surface area contributed by atoms with Gasteiger partial charge in [0.05, 0.1) is 10.9 Å². The molecule has 0 saturated carbocycles. The van der Waals surface area contributed by atoms with Gasteiger partial charge in [-0.05, 0) is 24.0 Å². The lowest BCUT2D eigenvalue weighted by atomic mass is 9.80. The van der Waals surface area contributed by atoms with Gasteiger partial charge >= 0.3 is 7.12 Å². The Hall–Kier alpha value is -1.66. The van der Waals surface area contributed by atoms with E-state index in [4.69, 9.17) is 10.0 Å². The van der Waals surface area contributed by atoms with Gasteiger partial charge in [-0.15, -0.1) is 0 Å². The third-order valence-electron chi connectivity index (χ3n) is 3.14. The second-order valence-electron chi connectivity index (χ2n) is 4.24. The Morgan fingerprint density at radius 1 is 1.35 bits per heavy atom. The Morgan fingerprint density at radius 2 is 2.18 bits per heavy atom. The molecule has 0 unspecified atom stereocenters. The minimum absolute atomic E-state index is 0.0926. The predicted molar refractivity (Wildman–Crippen MR) is 64.1 cm³/mol. The average molecular weight is 230 g/mol. The van der Waals surface area contributed by atoms with Crippen molar-refractivity contribution in [3.63, 3.8) is 0 Å². The molecule has 0 amide bonds. The van der Waals surface area contributed by atoms with Crippen molar-refractivity contribution in [1.82, 2.24) is 9.55 Å². The first-order valence-electron chi connectivity index (χ1n) is 5.56. The highest BCUT2D eigenvalue weighted by Crippen LogP contribution is 2.13. The summed E-state index contributed by atoms with van der Waals surface area (Å²) in [4.78, 5) is 16.6. The summed E-state index contributed by atoms with van der Waals surface area (Å²) in [5.74, 6) is 0.819. The maximum atomic E-state index is 12.2. The summed E-state index contributed by atoms with van der Waals surface area (Å²) >= 11 is 0. The highest BCUT2D eigenvalue weighted by Gasteiger charge is 2.18. The van der Waals surface area contributed by atoms with E-state index >= 15 is 0 Å². The summed E-state index contributed by atoms with van der Waals surface area (Å²) in [6.07, 6.45) is 1.77. The van der Waals surface area contributed by atoms with Gasteiger partial charge in [0.15, 0.2) is 0 Å². The van der Waals surface area contributed by atoms with Crippen LogP contribution in [0, 0.1) is 0 Å². The number of nitrogens with zero attached hydrogens (tertiary/aromatic N) is 2. The van der Waals surface area contributed by atoms with E-state index in [2.05, 4.69) is 4.98 Å². The topological polar surface area (TPSA) is 75.3 Å². The minimum Gasteiger partial charge on any atom is -0.423 e. The fraction of sp³-hybridized carbons (Fsp3) is 0.273. The fourth-order valence-corrected chi connectivity index (χ4v) is 2.26. The van der Waals surface area contributed by atoms with Crippen molar-refractivity contribution >= 4 is 23.5 Å². The number of hydrogen-bond acceptors (Lipinski definition) is 4. The summed E-state index contributed by atoms with van der Waals surface area (Å²) in [6, 6.07) is 4.73. The van der Waals surface area contributed by atoms with Gasteiger partial charge in [0, 0.05) is 13.0 Å². The summed E-state index contributed by atoms with van der Waals surface area (Å²) in [7, 11) is -1.56. The van der Waals surface area contributed by atoms with Gasteiger partial charge in [-0.3, -0.25) is 9.36 Å². The molecule has 0 fully saturated rings. The molecule has 86 valence electrons. The van der Waals surface area contributed by atoms with Crippen LogP contribution in [0.25, 0.3) is 10.9 Å². The van der Waals surface area contributed by atoms with Crippen LogP contribution in [-0.2, 0) is 13.0 Å². The second-order valence-corrected chi connectivity index (χ2v) is 4.24. The summed E-state index contributed by atoms with van der Waals surface area (Å²) in [5, 5.41) is 18.6. The van der Waals surface area contributed by atoms with Gasteiger partial charge in [0.2, 0.25) is 0 Å². The Kier molecular flexibility index (Phi) is 2.27. The lowest BCUT2D eigenvalue weighted by Crippen LogP contribution is -2.31. The van der Waals surface area contributed by atoms with Gasteiger partial charge in [-0.1, -0.05) is 6.07 Å². The number of rotatable bonds is 1. The van der Waals surface area contributed by atoms with Crippen LogP contribution < -0.4 is 11.0 Å². The van der Waals surface area contributed by atoms with E-state index in [0.717, 1.165) is 18.7 Å².